The third kappa shape index (κ3) is 1.93. The fraction of sp³-hybridized carbons (Fsp3) is 0.889. The number of nitriles is 1. The zero-order chi connectivity index (χ0) is 10.1. The minimum atomic E-state index is 0.169. The molecule has 0 aromatic rings. The summed E-state index contributed by atoms with van der Waals surface area (Å²) in [6.07, 6.45) is 0.642. The van der Waals surface area contributed by atoms with Gasteiger partial charge in [0.25, 0.3) is 0 Å². The third-order valence-electron chi connectivity index (χ3n) is 3.17. The zero-order valence-corrected chi connectivity index (χ0v) is 11.0. The molecular formula is C9H19N3Si. The van der Waals surface area contributed by atoms with Crippen LogP contribution >= 0.6 is 0 Å². The van der Waals surface area contributed by atoms with Crippen LogP contribution in [-0.4, -0.2) is 44.7 Å². The minimum Gasteiger partial charge on any atom is -0.314 e. The van der Waals surface area contributed by atoms with Crippen molar-refractivity contribution < 1.29 is 0 Å². The van der Waals surface area contributed by atoms with Crippen LogP contribution in [0, 0.1) is 11.3 Å². The second kappa shape index (κ2) is 3.78. The van der Waals surface area contributed by atoms with Crippen LogP contribution in [0.4, 0.5) is 0 Å². The van der Waals surface area contributed by atoms with Crippen LogP contribution in [0.2, 0.25) is 0 Å². The van der Waals surface area contributed by atoms with Crippen molar-refractivity contribution in [3.63, 3.8) is 0 Å². The Kier molecular flexibility index (Phi) is 3.12. The molecule has 1 rings (SSSR count). The minimum absolute atomic E-state index is 0.169. The normalized spacial score (nSPS) is 29.2. The van der Waals surface area contributed by atoms with E-state index in [4.69, 9.17) is 5.26 Å². The van der Waals surface area contributed by atoms with Crippen molar-refractivity contribution in [2.45, 2.75) is 38.9 Å². The van der Waals surface area contributed by atoms with Gasteiger partial charge >= 0.3 is 0 Å². The summed E-state index contributed by atoms with van der Waals surface area (Å²) in [5, 5.41) is 8.57. The quantitative estimate of drug-likeness (QED) is 0.580. The fourth-order valence-electron chi connectivity index (χ4n) is 2.14. The van der Waals surface area contributed by atoms with Gasteiger partial charge in [-0.05, 0) is 20.8 Å². The molecule has 0 aliphatic carbocycles. The monoisotopic (exact) mass is 197 g/mol. The van der Waals surface area contributed by atoms with Gasteiger partial charge in [-0.15, -0.1) is 0 Å². The summed E-state index contributed by atoms with van der Waals surface area (Å²) in [6.45, 7) is 8.81. The molecule has 4 heteroatoms. The Balaban J connectivity index is 2.66. The first kappa shape index (κ1) is 10.7. The molecule has 1 fully saturated rings. The van der Waals surface area contributed by atoms with E-state index in [1.807, 2.05) is 0 Å². The highest BCUT2D eigenvalue weighted by Crippen LogP contribution is 2.28. The van der Waals surface area contributed by atoms with Gasteiger partial charge in [-0.3, -0.25) is 4.90 Å². The van der Waals surface area contributed by atoms with Gasteiger partial charge in [-0.1, -0.05) is 0 Å². The van der Waals surface area contributed by atoms with Gasteiger partial charge in [-0.25, -0.2) is 0 Å². The average Bonchev–Trinajstić information content (AvgIpc) is 2.21. The van der Waals surface area contributed by atoms with Crippen molar-refractivity contribution in [1.29, 1.82) is 5.26 Å². The van der Waals surface area contributed by atoms with E-state index in [1.165, 1.54) is 0 Å². The van der Waals surface area contributed by atoms with Crippen LogP contribution in [0.5, 0.6) is 0 Å². The van der Waals surface area contributed by atoms with Crippen molar-refractivity contribution >= 4 is 10.4 Å². The summed E-state index contributed by atoms with van der Waals surface area (Å²) in [4.78, 5) is 2.43. The van der Waals surface area contributed by atoms with Crippen LogP contribution in [0.25, 0.3) is 0 Å². The van der Waals surface area contributed by atoms with E-state index in [1.54, 1.807) is 0 Å². The first-order valence-electron chi connectivity index (χ1n) is 4.85. The van der Waals surface area contributed by atoms with Crippen LogP contribution in [0.3, 0.4) is 0 Å². The maximum atomic E-state index is 8.57. The maximum Gasteiger partial charge on any atom is 0.0807 e. The zero-order valence-electron chi connectivity index (χ0n) is 9.04. The molecule has 1 saturated heterocycles. The number of rotatable bonds is 2. The Morgan fingerprint density at radius 3 is 2.62 bits per heavy atom. The summed E-state index contributed by atoms with van der Waals surface area (Å²) in [6, 6.07) is 2.82. The molecular weight excluding hydrogens is 178 g/mol. The highest BCUT2D eigenvalue weighted by Gasteiger charge is 2.40. The van der Waals surface area contributed by atoms with Crippen LogP contribution in [0.1, 0.15) is 27.2 Å². The van der Waals surface area contributed by atoms with Crippen molar-refractivity contribution in [3.05, 3.63) is 0 Å². The second-order valence-electron chi connectivity index (χ2n) is 4.33. The van der Waals surface area contributed by atoms with Gasteiger partial charge in [0.15, 0.2) is 0 Å². The van der Waals surface area contributed by atoms with Gasteiger partial charge in [0, 0.05) is 25.6 Å². The molecule has 3 nitrogen and oxygen atoms in total. The van der Waals surface area contributed by atoms with Crippen molar-refractivity contribution in [2.75, 3.05) is 13.1 Å². The van der Waals surface area contributed by atoms with Gasteiger partial charge in [0.1, 0.15) is 0 Å². The highest BCUT2D eigenvalue weighted by molar-refractivity contribution is 6.05. The lowest BCUT2D eigenvalue weighted by Crippen LogP contribution is -2.48. The molecule has 1 unspecified atom stereocenters. The Morgan fingerprint density at radius 2 is 2.23 bits per heavy atom. The Morgan fingerprint density at radius 1 is 1.62 bits per heavy atom. The SMILES string of the molecule is CC1CN([SiH3])C(C)(C)N1CCC#N. The van der Waals surface area contributed by atoms with Gasteiger partial charge in [0.2, 0.25) is 0 Å². The molecule has 13 heavy (non-hydrogen) atoms. The lowest BCUT2D eigenvalue weighted by atomic mass is 10.2. The molecule has 1 atom stereocenters. The fourth-order valence-corrected chi connectivity index (χ4v) is 2.93. The van der Waals surface area contributed by atoms with Crippen molar-refractivity contribution in [1.82, 2.24) is 9.47 Å². The molecule has 1 aliphatic rings. The molecule has 0 amide bonds. The van der Waals surface area contributed by atoms with Crippen LogP contribution in [0.15, 0.2) is 0 Å². The number of nitrogens with zero attached hydrogens (tertiary/aromatic N) is 3. The smallest absolute Gasteiger partial charge is 0.0807 e. The molecule has 0 aromatic carbocycles. The van der Waals surface area contributed by atoms with E-state index in [9.17, 15) is 0 Å². The van der Waals surface area contributed by atoms with Gasteiger partial charge in [-0.2, -0.15) is 5.26 Å². The second-order valence-corrected chi connectivity index (χ2v) is 5.41. The van der Waals surface area contributed by atoms with E-state index >= 15 is 0 Å². The van der Waals surface area contributed by atoms with E-state index in [-0.39, 0.29) is 5.66 Å². The predicted octanol–water partition coefficient (Wildman–Crippen LogP) is -0.0773. The molecule has 0 saturated carbocycles. The molecule has 0 spiro atoms. The summed E-state index contributed by atoms with van der Waals surface area (Å²) in [7, 11) is 1.11. The first-order chi connectivity index (χ1) is 6.00. The largest absolute Gasteiger partial charge is 0.314 e. The lowest BCUT2D eigenvalue weighted by molar-refractivity contribution is 0.0870. The van der Waals surface area contributed by atoms with E-state index in [0.29, 0.717) is 12.5 Å². The molecule has 0 aromatic heterocycles. The van der Waals surface area contributed by atoms with E-state index in [2.05, 4.69) is 36.3 Å². The summed E-state index contributed by atoms with van der Waals surface area (Å²) < 4.78 is 2.48. The number of hydrogen-bond acceptors (Lipinski definition) is 3. The van der Waals surface area contributed by atoms with Gasteiger partial charge < -0.3 is 4.57 Å². The topological polar surface area (TPSA) is 30.3 Å². The standard InChI is InChI=1S/C9H19N3Si/c1-8-7-12(13)9(2,3)11(8)6-4-5-10/h8H,4,6-7H2,1-3,13H3. The summed E-state index contributed by atoms with van der Waals surface area (Å²) in [5.74, 6) is 0. The highest BCUT2D eigenvalue weighted by atomic mass is 28.2. The van der Waals surface area contributed by atoms with Crippen LogP contribution in [-0.2, 0) is 0 Å². The molecule has 74 valence electrons. The molecule has 1 heterocycles. The summed E-state index contributed by atoms with van der Waals surface area (Å²) in [5.41, 5.74) is 0.169. The van der Waals surface area contributed by atoms with Crippen molar-refractivity contribution in [3.8, 4) is 6.07 Å². The Labute approximate surface area is 83.8 Å². The first-order valence-corrected chi connectivity index (χ1v) is 5.74. The van der Waals surface area contributed by atoms with Gasteiger partial charge in [0.05, 0.1) is 22.1 Å². The summed E-state index contributed by atoms with van der Waals surface area (Å²) >= 11 is 0. The van der Waals surface area contributed by atoms with Crippen molar-refractivity contribution in [2.24, 2.45) is 0 Å². The molecule has 0 radical (unpaired) electrons. The predicted molar refractivity (Wildman–Crippen MR) is 57.1 cm³/mol. The lowest BCUT2D eigenvalue weighted by Gasteiger charge is -2.37. The molecule has 0 N–H and O–H groups in total. The third-order valence-corrected chi connectivity index (χ3v) is 4.63. The Bertz CT molecular complexity index is 221. The Hall–Kier alpha value is -0.373. The molecule has 0 bridgehead atoms. The van der Waals surface area contributed by atoms with Crippen LogP contribution < -0.4 is 0 Å². The maximum absolute atomic E-state index is 8.57. The van der Waals surface area contributed by atoms with E-state index < -0.39 is 0 Å². The average molecular weight is 197 g/mol. The molecule has 1 aliphatic heterocycles. The van der Waals surface area contributed by atoms with E-state index in [0.717, 1.165) is 23.5 Å². The number of hydrogen-bond donors (Lipinski definition) is 0.